The van der Waals surface area contributed by atoms with Gasteiger partial charge in [0.05, 0.1) is 23.1 Å². The zero-order chi connectivity index (χ0) is 25.7. The third-order valence-corrected chi connectivity index (χ3v) is 7.30. The quantitative estimate of drug-likeness (QED) is 0.399. The van der Waals surface area contributed by atoms with Gasteiger partial charge in [0.2, 0.25) is 5.95 Å². The highest BCUT2D eigenvalue weighted by Crippen LogP contribution is 2.33. The lowest BCUT2D eigenvalue weighted by atomic mass is 10.1. The first-order chi connectivity index (χ1) is 17.9. The van der Waals surface area contributed by atoms with Crippen LogP contribution in [0.25, 0.3) is 22.3 Å². The molecule has 37 heavy (non-hydrogen) atoms. The monoisotopic (exact) mass is 504 g/mol. The van der Waals surface area contributed by atoms with E-state index in [1.54, 1.807) is 6.07 Å². The van der Waals surface area contributed by atoms with E-state index in [-0.39, 0.29) is 23.2 Å². The number of aryl methyl sites for hydroxylation is 1. The maximum Gasteiger partial charge on any atom is 0.229 e. The van der Waals surface area contributed by atoms with E-state index >= 15 is 0 Å². The molecule has 0 radical (unpaired) electrons. The summed E-state index contributed by atoms with van der Waals surface area (Å²) in [7, 11) is 0. The Balaban J connectivity index is 1.30. The fourth-order valence-corrected chi connectivity index (χ4v) is 5.66. The molecular formula is C27H30F2N8. The molecule has 0 amide bonds. The first kappa shape index (κ1) is 23.7. The number of aromatic nitrogens is 5. The third kappa shape index (κ3) is 4.29. The van der Waals surface area contributed by atoms with E-state index in [2.05, 4.69) is 36.6 Å². The fourth-order valence-electron chi connectivity index (χ4n) is 5.66. The molecular weight excluding hydrogens is 474 g/mol. The Morgan fingerprint density at radius 1 is 1.05 bits per heavy atom. The predicted molar refractivity (Wildman–Crippen MR) is 140 cm³/mol. The molecule has 0 saturated carbocycles. The normalized spacial score (nSPS) is 16.1. The number of hydrogen-bond acceptors (Lipinski definition) is 7. The number of nitrogens with one attached hydrogen (secondary N) is 2. The average Bonchev–Trinajstić information content (AvgIpc) is 3.46. The molecule has 10 heteroatoms. The summed E-state index contributed by atoms with van der Waals surface area (Å²) in [6, 6.07) is 7.61. The number of piperidine rings is 1. The second-order valence-electron chi connectivity index (χ2n) is 10.1. The van der Waals surface area contributed by atoms with Gasteiger partial charge in [0, 0.05) is 30.6 Å². The van der Waals surface area contributed by atoms with Gasteiger partial charge in [-0.25, -0.2) is 28.7 Å². The summed E-state index contributed by atoms with van der Waals surface area (Å²) in [6.07, 6.45) is 4.25. The minimum Gasteiger partial charge on any atom is -0.367 e. The molecule has 5 heterocycles. The topological polar surface area (TPSA) is 83.8 Å². The Labute approximate surface area is 214 Å². The van der Waals surface area contributed by atoms with E-state index in [4.69, 9.17) is 4.98 Å². The molecule has 1 aromatic carbocycles. The van der Waals surface area contributed by atoms with Crippen molar-refractivity contribution in [1.29, 1.82) is 0 Å². The first-order valence-corrected chi connectivity index (χ1v) is 12.8. The lowest BCUT2D eigenvalue weighted by Gasteiger charge is -2.33. The van der Waals surface area contributed by atoms with E-state index in [1.807, 2.05) is 31.4 Å². The minimum atomic E-state index is -0.629. The summed E-state index contributed by atoms with van der Waals surface area (Å²) >= 11 is 0. The molecule has 2 aliphatic heterocycles. The summed E-state index contributed by atoms with van der Waals surface area (Å²) < 4.78 is 31.8. The first-order valence-electron chi connectivity index (χ1n) is 12.8. The number of hydrogen-bond donors (Lipinski definition) is 2. The van der Waals surface area contributed by atoms with Gasteiger partial charge in [0.25, 0.3) is 0 Å². The van der Waals surface area contributed by atoms with Crippen molar-refractivity contribution in [3.05, 3.63) is 53.6 Å². The van der Waals surface area contributed by atoms with Crippen LogP contribution in [0.1, 0.15) is 44.2 Å². The van der Waals surface area contributed by atoms with Crippen LogP contribution in [-0.4, -0.2) is 50.2 Å². The molecule has 8 nitrogen and oxygen atoms in total. The summed E-state index contributed by atoms with van der Waals surface area (Å²) in [5, 5.41) is 6.53. The molecule has 1 saturated heterocycles. The van der Waals surface area contributed by atoms with Crippen LogP contribution in [0.3, 0.4) is 0 Å². The van der Waals surface area contributed by atoms with Crippen LogP contribution in [0.15, 0.2) is 30.5 Å². The van der Waals surface area contributed by atoms with E-state index in [9.17, 15) is 8.78 Å². The summed E-state index contributed by atoms with van der Waals surface area (Å²) in [5.41, 5.74) is 3.44. The SMILES string of the molecule is Cc1nc2c(F)cc(-c3nc(Nc4ccc5c(n4)CCN5C4CCNCC4)ncc3F)cc2n1C(C)C. The molecule has 6 rings (SSSR count). The van der Waals surface area contributed by atoms with E-state index in [1.165, 1.54) is 11.8 Å². The number of pyridine rings is 1. The van der Waals surface area contributed by atoms with E-state index in [0.717, 1.165) is 50.8 Å². The highest BCUT2D eigenvalue weighted by Gasteiger charge is 2.28. The molecule has 0 unspecified atom stereocenters. The van der Waals surface area contributed by atoms with Crippen molar-refractivity contribution in [3.63, 3.8) is 0 Å². The van der Waals surface area contributed by atoms with Gasteiger partial charge in [-0.15, -0.1) is 0 Å². The lowest BCUT2D eigenvalue weighted by molar-refractivity contribution is 0.435. The maximum absolute atomic E-state index is 15.0. The maximum atomic E-state index is 15.0. The summed E-state index contributed by atoms with van der Waals surface area (Å²) in [5.74, 6) is 0.356. The molecule has 0 bridgehead atoms. The smallest absolute Gasteiger partial charge is 0.229 e. The largest absolute Gasteiger partial charge is 0.367 e. The Hall–Kier alpha value is -3.66. The second-order valence-corrected chi connectivity index (χ2v) is 10.1. The van der Waals surface area contributed by atoms with Gasteiger partial charge in [0.1, 0.15) is 22.9 Å². The standard InChI is InChI=1S/C27H30F2N8/c1-15(2)37-16(3)32-26-19(28)12-17(13-23(26)37)25-20(29)14-31-27(35-25)34-24-5-4-22-21(33-24)8-11-36(22)18-6-9-30-10-7-18/h4-5,12-15,18,30H,6-11H2,1-3H3,(H,31,33,34,35). The molecule has 0 spiro atoms. The van der Waals surface area contributed by atoms with Gasteiger partial charge in [-0.2, -0.15) is 0 Å². The van der Waals surface area contributed by atoms with Crippen molar-refractivity contribution >= 4 is 28.5 Å². The average molecular weight is 505 g/mol. The molecule has 0 aliphatic carbocycles. The fraction of sp³-hybridized carbons (Fsp3) is 0.407. The van der Waals surface area contributed by atoms with Crippen LogP contribution in [0.5, 0.6) is 0 Å². The van der Waals surface area contributed by atoms with Crippen molar-refractivity contribution in [2.75, 3.05) is 29.9 Å². The van der Waals surface area contributed by atoms with Gasteiger partial charge >= 0.3 is 0 Å². The molecule has 2 aliphatic rings. The van der Waals surface area contributed by atoms with Crippen molar-refractivity contribution in [1.82, 2.24) is 29.8 Å². The Morgan fingerprint density at radius 3 is 2.65 bits per heavy atom. The van der Waals surface area contributed by atoms with Gasteiger partial charge in [-0.1, -0.05) is 0 Å². The van der Waals surface area contributed by atoms with Gasteiger partial charge in [-0.3, -0.25) is 0 Å². The highest BCUT2D eigenvalue weighted by molar-refractivity contribution is 5.83. The molecule has 192 valence electrons. The van der Waals surface area contributed by atoms with E-state index < -0.39 is 11.6 Å². The lowest BCUT2D eigenvalue weighted by Crippen LogP contribution is -2.42. The number of anilines is 3. The summed E-state index contributed by atoms with van der Waals surface area (Å²) in [6.45, 7) is 8.90. The molecule has 2 N–H and O–H groups in total. The minimum absolute atomic E-state index is 0.0192. The molecule has 3 aromatic heterocycles. The van der Waals surface area contributed by atoms with Gasteiger partial charge < -0.3 is 20.1 Å². The Bertz CT molecular complexity index is 1480. The van der Waals surface area contributed by atoms with Crippen LogP contribution in [0.2, 0.25) is 0 Å². The van der Waals surface area contributed by atoms with Crippen LogP contribution >= 0.6 is 0 Å². The Morgan fingerprint density at radius 2 is 1.86 bits per heavy atom. The van der Waals surface area contributed by atoms with Crippen LogP contribution in [-0.2, 0) is 6.42 Å². The van der Waals surface area contributed by atoms with Crippen LogP contribution in [0, 0.1) is 18.6 Å². The van der Waals surface area contributed by atoms with Crippen molar-refractivity contribution in [2.45, 2.75) is 52.1 Å². The number of halogens is 2. The third-order valence-electron chi connectivity index (χ3n) is 7.30. The number of fused-ring (bicyclic) bond motifs is 2. The van der Waals surface area contributed by atoms with E-state index in [0.29, 0.717) is 28.8 Å². The van der Waals surface area contributed by atoms with Crippen LogP contribution < -0.4 is 15.5 Å². The van der Waals surface area contributed by atoms with Crippen LogP contribution in [0.4, 0.5) is 26.2 Å². The molecule has 0 atom stereocenters. The zero-order valence-corrected chi connectivity index (χ0v) is 21.2. The summed E-state index contributed by atoms with van der Waals surface area (Å²) in [4.78, 5) is 20.1. The zero-order valence-electron chi connectivity index (χ0n) is 21.2. The number of imidazole rings is 1. The second kappa shape index (κ2) is 9.33. The predicted octanol–water partition coefficient (Wildman–Crippen LogP) is 4.91. The number of benzene rings is 1. The van der Waals surface area contributed by atoms with Gasteiger partial charge in [0.15, 0.2) is 11.6 Å². The number of rotatable bonds is 5. The molecule has 1 fully saturated rings. The van der Waals surface area contributed by atoms with Crippen molar-refractivity contribution in [2.24, 2.45) is 0 Å². The van der Waals surface area contributed by atoms with Gasteiger partial charge in [-0.05, 0) is 71.0 Å². The van der Waals surface area contributed by atoms with Crippen molar-refractivity contribution in [3.8, 4) is 11.3 Å². The Kier molecular flexibility index (Phi) is 5.98. The highest BCUT2D eigenvalue weighted by atomic mass is 19.1. The molecule has 4 aromatic rings. The van der Waals surface area contributed by atoms with Crippen molar-refractivity contribution < 1.29 is 8.78 Å². The number of nitrogens with zero attached hydrogens (tertiary/aromatic N) is 6.